The molecule has 2 aliphatic carbocycles. The molecule has 1 aromatic rings. The lowest BCUT2D eigenvalue weighted by Crippen LogP contribution is -2.27. The largest absolute Gasteiger partial charge is 0.449 e. The maximum atomic E-state index is 12.1. The summed E-state index contributed by atoms with van der Waals surface area (Å²) in [4.78, 5) is 28.7. The minimum absolute atomic E-state index is 0.0763. The maximum absolute atomic E-state index is 12.1. The Morgan fingerprint density at radius 1 is 1.33 bits per heavy atom. The molecule has 2 N–H and O–H groups in total. The standard InChI is InChI=1S/C19H20ClN3O3S/c20-13-3-1-2-4-14(13)22-19(25)26-8-7-16-17(24)23-18(27-16)21-15-10-11-5-6-12(15)9-11/h1-6,11-12,15-16H,7-10H2,(H,22,25)(H,21,23,24). The molecule has 142 valence electrons. The average Bonchev–Trinajstić information content (AvgIpc) is 3.34. The summed E-state index contributed by atoms with van der Waals surface area (Å²) in [6, 6.07) is 7.20. The number of nitrogens with one attached hydrogen (secondary N) is 2. The third kappa shape index (κ3) is 4.30. The third-order valence-corrected chi connectivity index (χ3v) is 6.52. The lowest BCUT2D eigenvalue weighted by Gasteiger charge is -2.13. The van der Waals surface area contributed by atoms with Crippen molar-refractivity contribution in [2.45, 2.75) is 30.6 Å². The van der Waals surface area contributed by atoms with E-state index in [4.69, 9.17) is 21.3 Å². The predicted molar refractivity (Wildman–Crippen MR) is 107 cm³/mol. The minimum atomic E-state index is -0.589. The molecule has 1 saturated heterocycles. The van der Waals surface area contributed by atoms with Gasteiger partial charge < -0.3 is 10.1 Å². The lowest BCUT2D eigenvalue weighted by molar-refractivity contribution is -0.119. The smallest absolute Gasteiger partial charge is 0.411 e. The molecule has 0 aromatic heterocycles. The van der Waals surface area contributed by atoms with Gasteiger partial charge in [0, 0.05) is 6.42 Å². The second-order valence-corrected chi connectivity index (χ2v) is 8.51. The van der Waals surface area contributed by atoms with Crippen LogP contribution in [0, 0.1) is 11.8 Å². The van der Waals surface area contributed by atoms with E-state index in [0.717, 1.165) is 6.42 Å². The molecule has 2 amide bonds. The number of allylic oxidation sites excluding steroid dienone is 1. The van der Waals surface area contributed by atoms with Gasteiger partial charge in [-0.25, -0.2) is 4.79 Å². The normalized spacial score (nSPS) is 30.0. The summed E-state index contributed by atoms with van der Waals surface area (Å²) in [6.07, 6.45) is 6.61. The Morgan fingerprint density at radius 3 is 2.93 bits per heavy atom. The van der Waals surface area contributed by atoms with Crippen LogP contribution in [0.2, 0.25) is 5.02 Å². The van der Waals surface area contributed by atoms with Crippen LogP contribution in [0.15, 0.2) is 41.4 Å². The Bertz CT molecular complexity index is 813. The van der Waals surface area contributed by atoms with Gasteiger partial charge in [0.1, 0.15) is 0 Å². The van der Waals surface area contributed by atoms with E-state index in [-0.39, 0.29) is 23.8 Å². The van der Waals surface area contributed by atoms with Crippen molar-refractivity contribution in [2.75, 3.05) is 11.9 Å². The fourth-order valence-corrected chi connectivity index (χ4v) is 4.86. The van der Waals surface area contributed by atoms with Crippen LogP contribution >= 0.6 is 23.4 Å². The highest BCUT2D eigenvalue weighted by Crippen LogP contribution is 2.41. The number of benzene rings is 1. The van der Waals surface area contributed by atoms with Crippen LogP contribution in [0.25, 0.3) is 0 Å². The van der Waals surface area contributed by atoms with Gasteiger partial charge in [0.15, 0.2) is 5.17 Å². The molecular weight excluding hydrogens is 386 g/mol. The van der Waals surface area contributed by atoms with Crippen molar-refractivity contribution in [3.05, 3.63) is 41.4 Å². The quantitative estimate of drug-likeness (QED) is 0.729. The minimum Gasteiger partial charge on any atom is -0.449 e. The number of fused-ring (bicyclic) bond motifs is 2. The van der Waals surface area contributed by atoms with Crippen molar-refractivity contribution in [3.8, 4) is 0 Å². The molecule has 1 heterocycles. The number of carbonyl (C=O) groups is 2. The first-order valence-corrected chi connectivity index (χ1v) is 10.3. The van der Waals surface area contributed by atoms with Gasteiger partial charge in [0.25, 0.3) is 0 Å². The maximum Gasteiger partial charge on any atom is 0.411 e. The van der Waals surface area contributed by atoms with Crippen LogP contribution in [0.1, 0.15) is 19.3 Å². The summed E-state index contributed by atoms with van der Waals surface area (Å²) in [5.41, 5.74) is 0.492. The van der Waals surface area contributed by atoms with E-state index in [1.54, 1.807) is 24.3 Å². The van der Waals surface area contributed by atoms with Gasteiger partial charge in [-0.2, -0.15) is 0 Å². The summed E-state index contributed by atoms with van der Waals surface area (Å²) >= 11 is 7.41. The average molecular weight is 406 g/mol. The number of amides is 2. The van der Waals surface area contributed by atoms with E-state index in [2.05, 4.69) is 22.8 Å². The molecule has 0 radical (unpaired) electrons. The fourth-order valence-electron chi connectivity index (χ4n) is 3.67. The van der Waals surface area contributed by atoms with Crippen molar-refractivity contribution in [3.63, 3.8) is 0 Å². The highest BCUT2D eigenvalue weighted by molar-refractivity contribution is 8.15. The number of hydrogen-bond donors (Lipinski definition) is 2. The second kappa shape index (κ2) is 7.94. The number of carbonyl (C=O) groups excluding carboxylic acids is 2. The summed E-state index contributed by atoms with van der Waals surface area (Å²) in [7, 11) is 0. The van der Waals surface area contributed by atoms with E-state index >= 15 is 0 Å². The van der Waals surface area contributed by atoms with Crippen molar-refractivity contribution in [1.82, 2.24) is 5.32 Å². The number of nitrogens with zero attached hydrogens (tertiary/aromatic N) is 1. The Hall–Kier alpha value is -1.99. The van der Waals surface area contributed by atoms with Gasteiger partial charge in [0.05, 0.1) is 28.6 Å². The number of rotatable bonds is 5. The van der Waals surface area contributed by atoms with Gasteiger partial charge in [-0.3, -0.25) is 15.1 Å². The van der Waals surface area contributed by atoms with Crippen molar-refractivity contribution in [2.24, 2.45) is 16.8 Å². The summed E-state index contributed by atoms with van der Waals surface area (Å²) in [5.74, 6) is 1.08. The van der Waals surface area contributed by atoms with Crippen LogP contribution in [0.5, 0.6) is 0 Å². The van der Waals surface area contributed by atoms with Gasteiger partial charge >= 0.3 is 6.09 Å². The number of hydrogen-bond acceptors (Lipinski definition) is 5. The Morgan fingerprint density at radius 2 is 2.19 bits per heavy atom. The first kappa shape index (κ1) is 18.4. The molecule has 27 heavy (non-hydrogen) atoms. The molecule has 6 nitrogen and oxygen atoms in total. The number of halogens is 1. The lowest BCUT2D eigenvalue weighted by atomic mass is 10.0. The highest BCUT2D eigenvalue weighted by Gasteiger charge is 2.37. The molecule has 1 aliphatic heterocycles. The molecule has 8 heteroatoms. The highest BCUT2D eigenvalue weighted by atomic mass is 35.5. The molecule has 4 atom stereocenters. The SMILES string of the molecule is O=C(Nc1ccccc1Cl)OCCC1SC(=NC2CC3C=CC2C3)NC1=O. The van der Waals surface area contributed by atoms with Crippen LogP contribution < -0.4 is 10.6 Å². The van der Waals surface area contributed by atoms with Crippen LogP contribution in [0.4, 0.5) is 10.5 Å². The first-order chi connectivity index (χ1) is 13.1. The van der Waals surface area contributed by atoms with Gasteiger partial charge in [-0.05, 0) is 36.8 Å². The van der Waals surface area contributed by atoms with Gasteiger partial charge in [-0.15, -0.1) is 0 Å². The van der Waals surface area contributed by atoms with Crippen molar-refractivity contribution >= 4 is 46.2 Å². The number of para-hydroxylation sites is 1. The molecule has 2 fully saturated rings. The monoisotopic (exact) mass is 405 g/mol. The molecule has 1 aromatic carbocycles. The number of ether oxygens (including phenoxy) is 1. The zero-order chi connectivity index (χ0) is 18.8. The summed E-state index contributed by atoms with van der Waals surface area (Å²) in [6.45, 7) is 0.144. The molecule has 2 bridgehead atoms. The fraction of sp³-hybridized carbons (Fsp3) is 0.421. The first-order valence-electron chi connectivity index (χ1n) is 9.00. The molecular formula is C19H20ClN3O3S. The Balaban J connectivity index is 1.23. The molecule has 4 rings (SSSR count). The van der Waals surface area contributed by atoms with E-state index in [0.29, 0.717) is 34.1 Å². The topological polar surface area (TPSA) is 79.8 Å². The predicted octanol–water partition coefficient (Wildman–Crippen LogP) is 3.83. The molecule has 4 unspecified atom stereocenters. The number of amidine groups is 1. The van der Waals surface area contributed by atoms with Crippen LogP contribution in [0.3, 0.4) is 0 Å². The van der Waals surface area contributed by atoms with Gasteiger partial charge in [0.2, 0.25) is 5.91 Å². The third-order valence-electron chi connectivity index (χ3n) is 5.03. The van der Waals surface area contributed by atoms with E-state index < -0.39 is 6.09 Å². The number of thioether (sulfide) groups is 1. The zero-order valence-corrected chi connectivity index (χ0v) is 16.1. The van der Waals surface area contributed by atoms with Crippen LogP contribution in [-0.4, -0.2) is 35.1 Å². The van der Waals surface area contributed by atoms with Crippen LogP contribution in [-0.2, 0) is 9.53 Å². The Labute approximate surface area is 166 Å². The number of aliphatic imine (C=N–C) groups is 1. The summed E-state index contributed by atoms with van der Waals surface area (Å²) in [5, 5.41) is 6.29. The number of anilines is 1. The van der Waals surface area contributed by atoms with Crippen molar-refractivity contribution in [1.29, 1.82) is 0 Å². The van der Waals surface area contributed by atoms with E-state index in [1.807, 2.05) is 0 Å². The second-order valence-electron chi connectivity index (χ2n) is 6.91. The molecule has 1 saturated carbocycles. The van der Waals surface area contributed by atoms with E-state index in [1.165, 1.54) is 18.2 Å². The zero-order valence-electron chi connectivity index (χ0n) is 14.6. The molecule has 3 aliphatic rings. The molecule has 0 spiro atoms. The summed E-state index contributed by atoms with van der Waals surface area (Å²) < 4.78 is 5.17. The Kier molecular flexibility index (Phi) is 5.41. The van der Waals surface area contributed by atoms with E-state index in [9.17, 15) is 9.59 Å². The van der Waals surface area contributed by atoms with Crippen molar-refractivity contribution < 1.29 is 14.3 Å². The van der Waals surface area contributed by atoms with Gasteiger partial charge in [-0.1, -0.05) is 47.6 Å².